The topological polar surface area (TPSA) is 66.8 Å². The van der Waals surface area contributed by atoms with Crippen molar-refractivity contribution in [2.45, 2.75) is 32.7 Å². The first-order valence-electron chi connectivity index (χ1n) is 7.93. The summed E-state index contributed by atoms with van der Waals surface area (Å²) in [4.78, 5) is 25.1. The molecule has 5 nitrogen and oxygen atoms in total. The zero-order chi connectivity index (χ0) is 17.9. The summed E-state index contributed by atoms with van der Waals surface area (Å²) in [6, 6.07) is 11.4. The lowest BCUT2D eigenvalue weighted by Crippen LogP contribution is -2.42. The third kappa shape index (κ3) is 3.85. The van der Waals surface area contributed by atoms with E-state index in [0.717, 1.165) is 22.1 Å². The summed E-state index contributed by atoms with van der Waals surface area (Å²) in [5, 5.41) is 11.1. The zero-order valence-corrected chi connectivity index (χ0v) is 14.4. The zero-order valence-electron chi connectivity index (χ0n) is 14.4. The number of rotatable bonds is 6. The summed E-state index contributed by atoms with van der Waals surface area (Å²) >= 11 is 0. The van der Waals surface area contributed by atoms with E-state index in [4.69, 9.17) is 9.84 Å². The van der Waals surface area contributed by atoms with Gasteiger partial charge >= 0.3 is 5.97 Å². The second-order valence-electron chi connectivity index (χ2n) is 6.15. The van der Waals surface area contributed by atoms with E-state index < -0.39 is 11.9 Å². The van der Waals surface area contributed by atoms with E-state index in [1.54, 1.807) is 7.11 Å². The molecule has 2 aromatic rings. The first-order valence-corrected chi connectivity index (χ1v) is 7.93. The lowest BCUT2D eigenvalue weighted by Gasteiger charge is -2.28. The fourth-order valence-corrected chi connectivity index (χ4v) is 2.69. The van der Waals surface area contributed by atoms with Crippen molar-refractivity contribution >= 4 is 22.6 Å². The quantitative estimate of drug-likeness (QED) is 0.883. The van der Waals surface area contributed by atoms with Gasteiger partial charge in [-0.1, -0.05) is 24.3 Å². The lowest BCUT2D eigenvalue weighted by molar-refractivity contribution is -0.146. The molecule has 0 saturated heterocycles. The second kappa shape index (κ2) is 7.34. The van der Waals surface area contributed by atoms with Gasteiger partial charge in [0.1, 0.15) is 12.3 Å². The summed E-state index contributed by atoms with van der Waals surface area (Å²) in [5.74, 6) is -0.805. The minimum absolute atomic E-state index is 0.166. The molecule has 0 aliphatic rings. The number of carbonyl (C=O) groups excluding carboxylic acids is 1. The molecule has 0 heterocycles. The van der Waals surface area contributed by atoms with E-state index in [-0.39, 0.29) is 18.5 Å². The first-order chi connectivity index (χ1) is 11.3. The van der Waals surface area contributed by atoms with Gasteiger partial charge in [-0.3, -0.25) is 9.59 Å². The van der Waals surface area contributed by atoms with Crippen molar-refractivity contribution in [3.05, 3.63) is 42.0 Å². The molecule has 0 unspecified atom stereocenters. The highest BCUT2D eigenvalue weighted by Crippen LogP contribution is 2.26. The summed E-state index contributed by atoms with van der Waals surface area (Å²) in [5.41, 5.74) is 0.869. The second-order valence-corrected chi connectivity index (χ2v) is 6.15. The molecule has 0 radical (unpaired) electrons. The number of carbonyl (C=O) groups is 2. The van der Waals surface area contributed by atoms with E-state index in [2.05, 4.69) is 0 Å². The monoisotopic (exact) mass is 329 g/mol. The van der Waals surface area contributed by atoms with E-state index in [1.807, 2.05) is 57.2 Å². The number of hydrogen-bond donors (Lipinski definition) is 1. The van der Waals surface area contributed by atoms with Crippen LogP contribution in [0.4, 0.5) is 0 Å². The van der Waals surface area contributed by atoms with Crippen LogP contribution in [0.15, 0.2) is 36.4 Å². The van der Waals surface area contributed by atoms with Gasteiger partial charge in [-0.25, -0.2) is 0 Å². The number of methoxy groups -OCH3 is 1. The Kier molecular flexibility index (Phi) is 5.44. The molecular weight excluding hydrogens is 306 g/mol. The van der Waals surface area contributed by atoms with Crippen molar-refractivity contribution in [1.29, 1.82) is 0 Å². The van der Waals surface area contributed by atoms with Crippen LogP contribution in [0.1, 0.15) is 32.3 Å². The van der Waals surface area contributed by atoms with Crippen molar-refractivity contribution in [2.75, 3.05) is 13.7 Å². The Hall–Kier alpha value is -2.56. The molecule has 2 rings (SSSR count). The number of amides is 1. The molecule has 1 atom stereocenters. The molecule has 0 fully saturated rings. The van der Waals surface area contributed by atoms with Crippen molar-refractivity contribution in [3.8, 4) is 5.75 Å². The van der Waals surface area contributed by atoms with E-state index >= 15 is 0 Å². The average molecular weight is 329 g/mol. The fourth-order valence-electron chi connectivity index (χ4n) is 2.69. The Balaban J connectivity index is 2.30. The molecular formula is C19H23NO4. The Morgan fingerprint density at radius 2 is 1.71 bits per heavy atom. The Morgan fingerprint density at radius 3 is 2.29 bits per heavy atom. The highest BCUT2D eigenvalue weighted by molar-refractivity contribution is 5.89. The number of benzene rings is 2. The average Bonchev–Trinajstić information content (AvgIpc) is 2.57. The number of carboxylic acids is 1. The van der Waals surface area contributed by atoms with Crippen molar-refractivity contribution in [1.82, 2.24) is 4.90 Å². The van der Waals surface area contributed by atoms with Gasteiger partial charge in [-0.2, -0.15) is 0 Å². The van der Waals surface area contributed by atoms with Gasteiger partial charge in [-0.15, -0.1) is 0 Å². The maximum atomic E-state index is 12.7. The molecule has 24 heavy (non-hydrogen) atoms. The summed E-state index contributed by atoms with van der Waals surface area (Å²) in [6.07, 6.45) is 0. The molecule has 0 aliphatic carbocycles. The van der Waals surface area contributed by atoms with E-state index in [9.17, 15) is 9.59 Å². The highest BCUT2D eigenvalue weighted by Gasteiger charge is 2.25. The molecule has 128 valence electrons. The molecule has 2 aromatic carbocycles. The Morgan fingerprint density at radius 1 is 1.08 bits per heavy atom. The van der Waals surface area contributed by atoms with Crippen LogP contribution < -0.4 is 4.74 Å². The standard InChI is InChI=1S/C19H23NO4/c1-12(2)20(11-18(21)22)19(23)13(3)14-5-6-16-10-17(24-4)8-7-15(16)9-14/h5-10,12-13H,11H2,1-4H3,(H,21,22)/t13-/m0/s1. The van der Waals surface area contributed by atoms with E-state index in [1.165, 1.54) is 4.90 Å². The number of ether oxygens (including phenoxy) is 1. The van der Waals surface area contributed by atoms with Gasteiger partial charge in [0.2, 0.25) is 5.91 Å². The summed E-state index contributed by atoms with van der Waals surface area (Å²) in [6.45, 7) is 5.16. The van der Waals surface area contributed by atoms with Gasteiger partial charge in [0.25, 0.3) is 0 Å². The Labute approximate surface area is 141 Å². The van der Waals surface area contributed by atoms with Crippen LogP contribution in [0.5, 0.6) is 5.75 Å². The molecule has 0 bridgehead atoms. The van der Waals surface area contributed by atoms with Crippen LogP contribution in [0, 0.1) is 0 Å². The fraction of sp³-hybridized carbons (Fsp3) is 0.368. The van der Waals surface area contributed by atoms with E-state index in [0.29, 0.717) is 0 Å². The largest absolute Gasteiger partial charge is 0.497 e. The van der Waals surface area contributed by atoms with Crippen molar-refractivity contribution in [3.63, 3.8) is 0 Å². The van der Waals surface area contributed by atoms with Gasteiger partial charge < -0.3 is 14.7 Å². The van der Waals surface area contributed by atoms with Gasteiger partial charge in [-0.05, 0) is 49.2 Å². The predicted octanol–water partition coefficient (Wildman–Crippen LogP) is 3.27. The third-order valence-electron chi connectivity index (χ3n) is 4.15. The highest BCUT2D eigenvalue weighted by atomic mass is 16.5. The SMILES string of the molecule is COc1ccc2cc([C@H](C)C(=O)N(CC(=O)O)C(C)C)ccc2c1. The maximum Gasteiger partial charge on any atom is 0.323 e. The predicted molar refractivity (Wildman–Crippen MR) is 93.4 cm³/mol. The maximum absolute atomic E-state index is 12.7. The molecule has 1 N–H and O–H groups in total. The summed E-state index contributed by atoms with van der Waals surface area (Å²) in [7, 11) is 1.62. The van der Waals surface area contributed by atoms with Crippen molar-refractivity contribution in [2.24, 2.45) is 0 Å². The third-order valence-corrected chi connectivity index (χ3v) is 4.15. The van der Waals surface area contributed by atoms with Gasteiger partial charge in [0.15, 0.2) is 0 Å². The van der Waals surface area contributed by atoms with Crippen LogP contribution in [0.3, 0.4) is 0 Å². The van der Waals surface area contributed by atoms with Crippen LogP contribution in [0.25, 0.3) is 10.8 Å². The van der Waals surface area contributed by atoms with Gasteiger partial charge in [0, 0.05) is 6.04 Å². The number of hydrogen-bond acceptors (Lipinski definition) is 3. The minimum Gasteiger partial charge on any atom is -0.497 e. The van der Waals surface area contributed by atoms with Gasteiger partial charge in [0.05, 0.1) is 13.0 Å². The number of carboxylic acid groups (broad SMARTS) is 1. The van der Waals surface area contributed by atoms with Crippen LogP contribution in [-0.2, 0) is 9.59 Å². The van der Waals surface area contributed by atoms with Crippen molar-refractivity contribution < 1.29 is 19.4 Å². The van der Waals surface area contributed by atoms with Crippen LogP contribution in [0.2, 0.25) is 0 Å². The van der Waals surface area contributed by atoms with Crippen LogP contribution >= 0.6 is 0 Å². The molecule has 0 spiro atoms. The first kappa shape index (κ1) is 17.8. The summed E-state index contributed by atoms with van der Waals surface area (Å²) < 4.78 is 5.22. The molecule has 5 heteroatoms. The molecule has 0 aromatic heterocycles. The number of aliphatic carboxylic acids is 1. The number of nitrogens with zero attached hydrogens (tertiary/aromatic N) is 1. The lowest BCUT2D eigenvalue weighted by atomic mass is 9.96. The Bertz CT molecular complexity index is 754. The van der Waals surface area contributed by atoms with Crippen LogP contribution in [-0.4, -0.2) is 41.6 Å². The smallest absolute Gasteiger partial charge is 0.323 e. The molecule has 1 amide bonds. The normalized spacial score (nSPS) is 12.2. The number of fused-ring (bicyclic) bond motifs is 1. The molecule has 0 saturated carbocycles. The minimum atomic E-state index is -1.00. The molecule has 0 aliphatic heterocycles.